The fourth-order valence-corrected chi connectivity index (χ4v) is 2.43. The summed E-state index contributed by atoms with van der Waals surface area (Å²) in [5.74, 6) is 1.59. The van der Waals surface area contributed by atoms with Crippen LogP contribution < -0.4 is 15.8 Å². The van der Waals surface area contributed by atoms with E-state index in [1.807, 2.05) is 13.1 Å². The van der Waals surface area contributed by atoms with Gasteiger partial charge in [-0.15, -0.1) is 0 Å². The quantitative estimate of drug-likeness (QED) is 0.834. The molecule has 1 aliphatic rings. The molecule has 1 fully saturated rings. The van der Waals surface area contributed by atoms with Crippen molar-refractivity contribution in [1.82, 2.24) is 9.78 Å². The topological polar surface area (TPSA) is 65.1 Å². The van der Waals surface area contributed by atoms with Crippen molar-refractivity contribution in [2.24, 2.45) is 12.8 Å². The summed E-state index contributed by atoms with van der Waals surface area (Å²) in [5.41, 5.74) is 6.29. The molecule has 5 nitrogen and oxygen atoms in total. The maximum absolute atomic E-state index is 6.36. The van der Waals surface area contributed by atoms with Crippen LogP contribution in [0.2, 0.25) is 0 Å². The Kier molecular flexibility index (Phi) is 3.57. The first-order chi connectivity index (χ1) is 8.13. The van der Waals surface area contributed by atoms with Crippen LogP contribution in [0.4, 0.5) is 5.82 Å². The molecule has 0 unspecified atom stereocenters. The van der Waals surface area contributed by atoms with Crippen molar-refractivity contribution in [1.29, 1.82) is 0 Å². The third-order valence-corrected chi connectivity index (χ3v) is 3.52. The molecule has 1 aromatic heterocycles. The van der Waals surface area contributed by atoms with Crippen LogP contribution in [0.1, 0.15) is 32.1 Å². The van der Waals surface area contributed by atoms with Gasteiger partial charge < -0.3 is 15.8 Å². The highest BCUT2D eigenvalue weighted by molar-refractivity contribution is 5.39. The second kappa shape index (κ2) is 4.96. The first-order valence-electron chi connectivity index (χ1n) is 6.24. The van der Waals surface area contributed by atoms with E-state index < -0.39 is 0 Å². The van der Waals surface area contributed by atoms with Gasteiger partial charge in [-0.1, -0.05) is 19.3 Å². The summed E-state index contributed by atoms with van der Waals surface area (Å²) in [6.07, 6.45) is 6.00. The Morgan fingerprint density at radius 3 is 2.76 bits per heavy atom. The van der Waals surface area contributed by atoms with E-state index in [2.05, 4.69) is 10.4 Å². The summed E-state index contributed by atoms with van der Waals surface area (Å²) in [7, 11) is 3.51. The zero-order chi connectivity index (χ0) is 12.3. The minimum Gasteiger partial charge on any atom is -0.481 e. The standard InChI is InChI=1S/C12H22N4O/c1-16-11(17-2)8-10(15-16)14-9-12(13)6-4-3-5-7-12/h8H,3-7,9,13H2,1-2H3,(H,14,15). The van der Waals surface area contributed by atoms with Crippen molar-refractivity contribution in [2.75, 3.05) is 19.0 Å². The lowest BCUT2D eigenvalue weighted by Gasteiger charge is -2.33. The lowest BCUT2D eigenvalue weighted by Crippen LogP contribution is -2.47. The van der Waals surface area contributed by atoms with E-state index in [4.69, 9.17) is 10.5 Å². The number of nitrogens with zero attached hydrogens (tertiary/aromatic N) is 2. The molecule has 1 aliphatic carbocycles. The van der Waals surface area contributed by atoms with Crippen LogP contribution in [0.3, 0.4) is 0 Å². The molecule has 1 aromatic rings. The molecule has 0 saturated heterocycles. The number of ether oxygens (including phenoxy) is 1. The summed E-state index contributed by atoms with van der Waals surface area (Å²) in [6, 6.07) is 1.90. The van der Waals surface area contributed by atoms with Crippen LogP contribution in [0.25, 0.3) is 0 Å². The molecule has 1 heterocycles. The van der Waals surface area contributed by atoms with Crippen LogP contribution in [0.15, 0.2) is 6.07 Å². The lowest BCUT2D eigenvalue weighted by atomic mass is 9.82. The zero-order valence-electron chi connectivity index (χ0n) is 10.7. The van der Waals surface area contributed by atoms with E-state index in [0.717, 1.165) is 31.1 Å². The zero-order valence-corrected chi connectivity index (χ0v) is 10.7. The van der Waals surface area contributed by atoms with Crippen molar-refractivity contribution < 1.29 is 4.74 Å². The van der Waals surface area contributed by atoms with Gasteiger partial charge in [0.2, 0.25) is 5.88 Å². The molecule has 0 radical (unpaired) electrons. The van der Waals surface area contributed by atoms with Crippen LogP contribution in [0, 0.1) is 0 Å². The Hall–Kier alpha value is -1.23. The Morgan fingerprint density at radius 2 is 2.18 bits per heavy atom. The average molecular weight is 238 g/mol. The summed E-state index contributed by atoms with van der Waals surface area (Å²) in [4.78, 5) is 0. The Bertz CT molecular complexity index is 369. The van der Waals surface area contributed by atoms with Gasteiger partial charge in [-0.3, -0.25) is 0 Å². The molecule has 17 heavy (non-hydrogen) atoms. The van der Waals surface area contributed by atoms with E-state index in [1.165, 1.54) is 19.3 Å². The molecule has 0 atom stereocenters. The summed E-state index contributed by atoms with van der Waals surface area (Å²) in [6.45, 7) is 0.785. The SMILES string of the molecule is COc1cc(NCC2(N)CCCCC2)nn1C. The number of anilines is 1. The number of hydrogen-bond donors (Lipinski definition) is 2. The molecule has 5 heteroatoms. The molecule has 96 valence electrons. The van der Waals surface area contributed by atoms with E-state index in [9.17, 15) is 0 Å². The van der Waals surface area contributed by atoms with Gasteiger partial charge in [-0.25, -0.2) is 4.68 Å². The second-order valence-electron chi connectivity index (χ2n) is 4.97. The van der Waals surface area contributed by atoms with Crippen molar-refractivity contribution >= 4 is 5.82 Å². The molecule has 0 bridgehead atoms. The van der Waals surface area contributed by atoms with Crippen LogP contribution in [-0.4, -0.2) is 29.0 Å². The Labute approximate surface area is 102 Å². The van der Waals surface area contributed by atoms with Gasteiger partial charge in [0, 0.05) is 25.2 Å². The highest BCUT2D eigenvalue weighted by atomic mass is 16.5. The van der Waals surface area contributed by atoms with Crippen molar-refractivity contribution in [3.8, 4) is 5.88 Å². The molecule has 3 N–H and O–H groups in total. The Morgan fingerprint density at radius 1 is 1.47 bits per heavy atom. The number of nitrogens with one attached hydrogen (secondary N) is 1. The van der Waals surface area contributed by atoms with E-state index >= 15 is 0 Å². The van der Waals surface area contributed by atoms with Crippen LogP contribution in [0.5, 0.6) is 5.88 Å². The third-order valence-electron chi connectivity index (χ3n) is 3.52. The maximum atomic E-state index is 6.36. The minimum absolute atomic E-state index is 0.0665. The maximum Gasteiger partial charge on any atom is 0.213 e. The molecular formula is C12H22N4O. The lowest BCUT2D eigenvalue weighted by molar-refractivity contribution is 0.311. The predicted molar refractivity (Wildman–Crippen MR) is 68.3 cm³/mol. The molecular weight excluding hydrogens is 216 g/mol. The number of methoxy groups -OCH3 is 1. The Balaban J connectivity index is 1.92. The molecule has 2 rings (SSSR count). The second-order valence-corrected chi connectivity index (χ2v) is 4.97. The monoisotopic (exact) mass is 238 g/mol. The summed E-state index contributed by atoms with van der Waals surface area (Å²) >= 11 is 0. The number of hydrogen-bond acceptors (Lipinski definition) is 4. The van der Waals surface area contributed by atoms with E-state index in [0.29, 0.717) is 0 Å². The van der Waals surface area contributed by atoms with Crippen molar-refractivity contribution in [3.63, 3.8) is 0 Å². The van der Waals surface area contributed by atoms with Crippen LogP contribution >= 0.6 is 0 Å². The molecule has 0 spiro atoms. The van der Waals surface area contributed by atoms with Crippen LogP contribution in [-0.2, 0) is 7.05 Å². The normalized spacial score (nSPS) is 19.0. The fraction of sp³-hybridized carbons (Fsp3) is 0.750. The first-order valence-corrected chi connectivity index (χ1v) is 6.24. The average Bonchev–Trinajstić information content (AvgIpc) is 2.68. The minimum atomic E-state index is -0.0665. The molecule has 0 aromatic carbocycles. The molecule has 0 amide bonds. The van der Waals surface area contributed by atoms with Gasteiger partial charge in [-0.05, 0) is 12.8 Å². The highest BCUT2D eigenvalue weighted by Gasteiger charge is 2.27. The van der Waals surface area contributed by atoms with E-state index in [-0.39, 0.29) is 5.54 Å². The summed E-state index contributed by atoms with van der Waals surface area (Å²) < 4.78 is 6.89. The van der Waals surface area contributed by atoms with Crippen molar-refractivity contribution in [2.45, 2.75) is 37.6 Å². The number of aromatic nitrogens is 2. The van der Waals surface area contributed by atoms with Gasteiger partial charge in [0.25, 0.3) is 0 Å². The predicted octanol–water partition coefficient (Wildman–Crippen LogP) is 1.50. The largest absolute Gasteiger partial charge is 0.481 e. The highest BCUT2D eigenvalue weighted by Crippen LogP contribution is 2.26. The summed E-state index contributed by atoms with van der Waals surface area (Å²) in [5, 5.41) is 7.64. The van der Waals surface area contributed by atoms with Gasteiger partial charge in [0.1, 0.15) is 0 Å². The molecule has 0 aliphatic heterocycles. The van der Waals surface area contributed by atoms with Gasteiger partial charge >= 0.3 is 0 Å². The fourth-order valence-electron chi connectivity index (χ4n) is 2.43. The third kappa shape index (κ3) is 2.91. The first kappa shape index (κ1) is 12.2. The number of rotatable bonds is 4. The van der Waals surface area contributed by atoms with Gasteiger partial charge in [0.15, 0.2) is 5.82 Å². The van der Waals surface area contributed by atoms with Gasteiger partial charge in [0.05, 0.1) is 7.11 Å². The smallest absolute Gasteiger partial charge is 0.213 e. The van der Waals surface area contributed by atoms with E-state index in [1.54, 1.807) is 11.8 Å². The molecule has 1 saturated carbocycles. The number of aryl methyl sites for hydroxylation is 1. The number of nitrogens with two attached hydrogens (primary N) is 1. The van der Waals surface area contributed by atoms with Gasteiger partial charge in [-0.2, -0.15) is 5.10 Å². The van der Waals surface area contributed by atoms with Crippen molar-refractivity contribution in [3.05, 3.63) is 6.07 Å².